The van der Waals surface area contributed by atoms with Crippen molar-refractivity contribution in [2.45, 2.75) is 6.18 Å². The Hall–Kier alpha value is -1.89. The van der Waals surface area contributed by atoms with Gasteiger partial charge >= 0.3 is 6.18 Å². The third-order valence-corrected chi connectivity index (χ3v) is 3.15. The molecule has 0 radical (unpaired) electrons. The van der Waals surface area contributed by atoms with Crippen molar-refractivity contribution in [3.05, 3.63) is 58.3 Å². The maximum Gasteiger partial charge on any atom is 0.416 e. The highest BCUT2D eigenvalue weighted by Gasteiger charge is 2.31. The van der Waals surface area contributed by atoms with E-state index in [0.717, 1.165) is 12.1 Å². The number of amides is 1. The average Bonchev–Trinajstić information content (AvgIpc) is 2.39. The van der Waals surface area contributed by atoms with Gasteiger partial charge in [-0.2, -0.15) is 13.2 Å². The van der Waals surface area contributed by atoms with Gasteiger partial charge in [0.2, 0.25) is 0 Å². The van der Waals surface area contributed by atoms with Gasteiger partial charge in [0.25, 0.3) is 5.91 Å². The van der Waals surface area contributed by atoms with Gasteiger partial charge in [0, 0.05) is 10.7 Å². The van der Waals surface area contributed by atoms with E-state index in [0.29, 0.717) is 5.69 Å². The van der Waals surface area contributed by atoms with E-state index < -0.39 is 17.6 Å². The lowest BCUT2D eigenvalue weighted by Gasteiger charge is -2.11. The molecule has 2 rings (SSSR count). The quantitative estimate of drug-likeness (QED) is 0.890. The normalized spacial score (nSPS) is 11.2. The third kappa shape index (κ3) is 3.36. The molecule has 1 aromatic heterocycles. The number of carbonyl (C=O) groups excluding carboxylic acids is 1. The Morgan fingerprint density at radius 3 is 2.60 bits per heavy atom. The van der Waals surface area contributed by atoms with Crippen molar-refractivity contribution in [2.24, 2.45) is 0 Å². The zero-order valence-electron chi connectivity index (χ0n) is 9.91. The molecule has 0 unspecified atom stereocenters. The highest BCUT2D eigenvalue weighted by atomic mass is 79.9. The third-order valence-electron chi connectivity index (χ3n) is 2.46. The molecule has 0 atom stereocenters. The highest BCUT2D eigenvalue weighted by Crippen LogP contribution is 2.32. The van der Waals surface area contributed by atoms with E-state index in [1.165, 1.54) is 18.5 Å². The fourth-order valence-electron chi connectivity index (χ4n) is 1.51. The number of aromatic nitrogens is 1. The highest BCUT2D eigenvalue weighted by molar-refractivity contribution is 9.10. The summed E-state index contributed by atoms with van der Waals surface area (Å²) in [5.41, 5.74) is -0.567. The molecule has 0 saturated carbocycles. The smallest absolute Gasteiger partial charge is 0.321 e. The van der Waals surface area contributed by atoms with Gasteiger partial charge in [-0.05, 0) is 46.3 Å². The Labute approximate surface area is 121 Å². The van der Waals surface area contributed by atoms with E-state index in [1.54, 1.807) is 12.1 Å². The van der Waals surface area contributed by atoms with Crippen molar-refractivity contribution in [2.75, 3.05) is 5.32 Å². The fourth-order valence-corrected chi connectivity index (χ4v) is 1.94. The van der Waals surface area contributed by atoms with E-state index in [1.807, 2.05) is 0 Å². The van der Waals surface area contributed by atoms with Crippen LogP contribution in [0.4, 0.5) is 18.9 Å². The molecule has 0 aliphatic carbocycles. The Morgan fingerprint density at radius 2 is 2.00 bits per heavy atom. The predicted octanol–water partition coefficient (Wildman–Crippen LogP) is 4.12. The SMILES string of the molecule is O=C(Nc1cccnc1)c1cc(C(F)(F)F)ccc1Br. The van der Waals surface area contributed by atoms with Crippen LogP contribution in [0.25, 0.3) is 0 Å². The fraction of sp³-hybridized carbons (Fsp3) is 0.0769. The van der Waals surface area contributed by atoms with Crippen LogP contribution in [0.3, 0.4) is 0 Å². The van der Waals surface area contributed by atoms with Gasteiger partial charge in [0.05, 0.1) is 23.0 Å². The van der Waals surface area contributed by atoms with E-state index in [9.17, 15) is 18.0 Å². The van der Waals surface area contributed by atoms with Crippen molar-refractivity contribution >= 4 is 27.5 Å². The summed E-state index contributed by atoms with van der Waals surface area (Å²) in [4.78, 5) is 15.8. The second-order valence-corrected chi connectivity index (χ2v) is 4.74. The lowest BCUT2D eigenvalue weighted by Crippen LogP contribution is -2.14. The first kappa shape index (κ1) is 14.5. The number of anilines is 1. The summed E-state index contributed by atoms with van der Waals surface area (Å²) in [5.74, 6) is -0.643. The lowest BCUT2D eigenvalue weighted by atomic mass is 10.1. The van der Waals surface area contributed by atoms with Crippen LogP contribution in [-0.4, -0.2) is 10.9 Å². The summed E-state index contributed by atoms with van der Waals surface area (Å²) >= 11 is 3.07. The molecule has 0 spiro atoms. The van der Waals surface area contributed by atoms with Crippen LogP contribution in [0.15, 0.2) is 47.2 Å². The molecule has 2 aromatic rings. The van der Waals surface area contributed by atoms with Crippen LogP contribution in [0.5, 0.6) is 0 Å². The van der Waals surface area contributed by atoms with Crippen LogP contribution in [-0.2, 0) is 6.18 Å². The number of nitrogens with zero attached hydrogens (tertiary/aromatic N) is 1. The lowest BCUT2D eigenvalue weighted by molar-refractivity contribution is -0.137. The summed E-state index contributed by atoms with van der Waals surface area (Å²) < 4.78 is 38.2. The maximum absolute atomic E-state index is 12.6. The number of halogens is 4. The Balaban J connectivity index is 2.30. The number of carbonyl (C=O) groups is 1. The number of alkyl halides is 3. The zero-order chi connectivity index (χ0) is 14.8. The second-order valence-electron chi connectivity index (χ2n) is 3.89. The molecule has 7 heteroatoms. The predicted molar refractivity (Wildman–Crippen MR) is 71.3 cm³/mol. The summed E-state index contributed by atoms with van der Waals surface area (Å²) in [6, 6.07) is 6.10. The minimum Gasteiger partial charge on any atom is -0.321 e. The van der Waals surface area contributed by atoms with Gasteiger partial charge in [-0.15, -0.1) is 0 Å². The number of benzene rings is 1. The Kier molecular flexibility index (Phi) is 4.08. The number of pyridine rings is 1. The topological polar surface area (TPSA) is 42.0 Å². The molecule has 1 N–H and O–H groups in total. The van der Waals surface area contributed by atoms with Crippen LogP contribution >= 0.6 is 15.9 Å². The summed E-state index contributed by atoms with van der Waals surface area (Å²) in [6.45, 7) is 0. The summed E-state index contributed by atoms with van der Waals surface area (Å²) in [6.07, 6.45) is -1.57. The van der Waals surface area contributed by atoms with Crippen LogP contribution in [0.1, 0.15) is 15.9 Å². The van der Waals surface area contributed by atoms with Gasteiger partial charge in [-0.25, -0.2) is 0 Å². The van der Waals surface area contributed by atoms with Crippen molar-refractivity contribution in [3.63, 3.8) is 0 Å². The largest absolute Gasteiger partial charge is 0.416 e. The van der Waals surface area contributed by atoms with Crippen LogP contribution < -0.4 is 5.32 Å². The summed E-state index contributed by atoms with van der Waals surface area (Å²) in [5, 5.41) is 2.48. The molecule has 1 heterocycles. The molecule has 0 aliphatic heterocycles. The Bertz CT molecular complexity index is 629. The standard InChI is InChI=1S/C13H8BrF3N2O/c14-11-4-3-8(13(15,16)17)6-10(11)12(20)19-9-2-1-5-18-7-9/h1-7H,(H,19,20). The summed E-state index contributed by atoms with van der Waals surface area (Å²) in [7, 11) is 0. The van der Waals surface area contributed by atoms with Crippen molar-refractivity contribution in [1.29, 1.82) is 0 Å². The van der Waals surface area contributed by atoms with E-state index in [-0.39, 0.29) is 10.0 Å². The molecule has 0 aliphatic rings. The van der Waals surface area contributed by atoms with Gasteiger partial charge in [-0.3, -0.25) is 9.78 Å². The molecule has 1 aromatic carbocycles. The van der Waals surface area contributed by atoms with Crippen LogP contribution in [0.2, 0.25) is 0 Å². The maximum atomic E-state index is 12.6. The van der Waals surface area contributed by atoms with Crippen molar-refractivity contribution in [3.8, 4) is 0 Å². The molecular weight excluding hydrogens is 337 g/mol. The molecular formula is C13H8BrF3N2O. The average molecular weight is 345 g/mol. The first-order valence-electron chi connectivity index (χ1n) is 5.46. The van der Waals surface area contributed by atoms with E-state index >= 15 is 0 Å². The first-order chi connectivity index (χ1) is 9.38. The molecule has 0 bridgehead atoms. The molecule has 1 amide bonds. The number of hydrogen-bond donors (Lipinski definition) is 1. The van der Waals surface area contributed by atoms with Gasteiger partial charge in [0.15, 0.2) is 0 Å². The van der Waals surface area contributed by atoms with E-state index in [2.05, 4.69) is 26.2 Å². The van der Waals surface area contributed by atoms with Gasteiger partial charge < -0.3 is 5.32 Å². The van der Waals surface area contributed by atoms with Crippen molar-refractivity contribution in [1.82, 2.24) is 4.98 Å². The number of rotatable bonds is 2. The number of hydrogen-bond acceptors (Lipinski definition) is 2. The minimum absolute atomic E-state index is 0.0938. The monoisotopic (exact) mass is 344 g/mol. The molecule has 3 nitrogen and oxygen atoms in total. The molecule has 0 fully saturated rings. The number of nitrogens with one attached hydrogen (secondary N) is 1. The first-order valence-corrected chi connectivity index (χ1v) is 6.25. The van der Waals surface area contributed by atoms with Crippen LogP contribution in [0, 0.1) is 0 Å². The molecule has 104 valence electrons. The van der Waals surface area contributed by atoms with Crippen molar-refractivity contribution < 1.29 is 18.0 Å². The minimum atomic E-state index is -4.50. The Morgan fingerprint density at radius 1 is 1.25 bits per heavy atom. The van der Waals surface area contributed by atoms with E-state index in [4.69, 9.17) is 0 Å². The molecule has 20 heavy (non-hydrogen) atoms. The zero-order valence-corrected chi connectivity index (χ0v) is 11.5. The second kappa shape index (κ2) is 5.62. The van der Waals surface area contributed by atoms with Gasteiger partial charge in [-0.1, -0.05) is 0 Å². The molecule has 0 saturated heterocycles. The van der Waals surface area contributed by atoms with Gasteiger partial charge in [0.1, 0.15) is 0 Å².